The van der Waals surface area contributed by atoms with E-state index in [9.17, 15) is 18.0 Å². The Morgan fingerprint density at radius 2 is 1.88 bits per heavy atom. The summed E-state index contributed by atoms with van der Waals surface area (Å²) in [6, 6.07) is -0.509. The molecule has 3 rings (SSSR count). The standard InChI is InChI=1S/C22H34N4O6S/c1-14-18-12-17(33(6,29)30)11-16(13-31-20(18)25(5)24-14)23-19(27)15-7-9-26(10-8-15)21(28)32-22(2,3)4/h12,15-16H,7-11,13H2,1-6H3,(H,23,27)/b17-12+. The van der Waals surface area contributed by atoms with Crippen molar-refractivity contribution in [2.24, 2.45) is 13.0 Å². The zero-order valence-corrected chi connectivity index (χ0v) is 21.0. The van der Waals surface area contributed by atoms with Crippen LogP contribution >= 0.6 is 0 Å². The summed E-state index contributed by atoms with van der Waals surface area (Å²) in [7, 11) is -1.75. The molecular formula is C22H34N4O6S. The van der Waals surface area contributed by atoms with Crippen molar-refractivity contribution in [1.29, 1.82) is 0 Å². The number of carbonyl (C=O) groups excluding carboxylic acids is 2. The Hall–Kier alpha value is -2.56. The molecule has 2 aliphatic heterocycles. The van der Waals surface area contributed by atoms with Crippen molar-refractivity contribution in [1.82, 2.24) is 20.0 Å². The molecule has 1 fully saturated rings. The first-order chi connectivity index (χ1) is 15.2. The Bertz CT molecular complexity index is 1050. The summed E-state index contributed by atoms with van der Waals surface area (Å²) in [6.07, 6.45) is 3.54. The number of nitrogens with one attached hydrogen (secondary N) is 1. The highest BCUT2D eigenvalue weighted by molar-refractivity contribution is 7.94. The van der Waals surface area contributed by atoms with Gasteiger partial charge in [0, 0.05) is 43.6 Å². The monoisotopic (exact) mass is 482 g/mol. The van der Waals surface area contributed by atoms with Crippen LogP contribution in [0.2, 0.25) is 0 Å². The first-order valence-corrected chi connectivity index (χ1v) is 13.0. The predicted molar refractivity (Wildman–Crippen MR) is 123 cm³/mol. The number of aryl methyl sites for hydroxylation is 2. The molecule has 0 aliphatic carbocycles. The van der Waals surface area contributed by atoms with Crippen LogP contribution in [0.3, 0.4) is 0 Å². The number of rotatable bonds is 3. The van der Waals surface area contributed by atoms with Crippen molar-refractivity contribution in [3.63, 3.8) is 0 Å². The fraction of sp³-hybridized carbons (Fsp3) is 0.682. The van der Waals surface area contributed by atoms with E-state index in [-0.39, 0.29) is 35.9 Å². The number of nitrogens with zero attached hydrogens (tertiary/aromatic N) is 3. The molecule has 1 saturated heterocycles. The normalized spacial score (nSPS) is 21.7. The van der Waals surface area contributed by atoms with E-state index in [1.54, 1.807) is 29.6 Å². The summed E-state index contributed by atoms with van der Waals surface area (Å²) in [5.41, 5.74) is 0.741. The molecule has 1 aromatic rings. The largest absolute Gasteiger partial charge is 0.475 e. The van der Waals surface area contributed by atoms with Crippen molar-refractivity contribution >= 4 is 27.9 Å². The predicted octanol–water partition coefficient (Wildman–Crippen LogP) is 2.03. The molecule has 0 radical (unpaired) electrons. The zero-order chi connectivity index (χ0) is 24.6. The highest BCUT2D eigenvalue weighted by atomic mass is 32.2. The minimum Gasteiger partial charge on any atom is -0.475 e. The van der Waals surface area contributed by atoms with Crippen LogP contribution in [0.4, 0.5) is 4.79 Å². The molecule has 0 bridgehead atoms. The second-order valence-corrected chi connectivity index (χ2v) is 11.8. The van der Waals surface area contributed by atoms with Crippen LogP contribution < -0.4 is 10.1 Å². The van der Waals surface area contributed by atoms with Crippen molar-refractivity contribution in [3.05, 3.63) is 16.2 Å². The highest BCUT2D eigenvalue weighted by Gasteiger charge is 2.32. The van der Waals surface area contributed by atoms with Gasteiger partial charge >= 0.3 is 6.09 Å². The lowest BCUT2D eigenvalue weighted by Crippen LogP contribution is -2.48. The van der Waals surface area contributed by atoms with Crippen LogP contribution in [-0.4, -0.2) is 72.7 Å². The van der Waals surface area contributed by atoms with Crippen LogP contribution in [0, 0.1) is 12.8 Å². The minimum atomic E-state index is -3.48. The smallest absolute Gasteiger partial charge is 0.410 e. The molecule has 1 unspecified atom stereocenters. The van der Waals surface area contributed by atoms with Crippen LogP contribution in [0.1, 0.15) is 51.3 Å². The van der Waals surface area contributed by atoms with Crippen molar-refractivity contribution in [2.45, 2.75) is 58.6 Å². The lowest BCUT2D eigenvalue weighted by atomic mass is 9.95. The molecule has 184 valence electrons. The molecule has 1 N–H and O–H groups in total. The fourth-order valence-corrected chi connectivity index (χ4v) is 4.85. The maximum Gasteiger partial charge on any atom is 0.410 e. The van der Waals surface area contributed by atoms with Crippen LogP contribution in [-0.2, 0) is 26.4 Å². The van der Waals surface area contributed by atoms with Gasteiger partial charge in [-0.1, -0.05) is 0 Å². The topological polar surface area (TPSA) is 120 Å². The summed E-state index contributed by atoms with van der Waals surface area (Å²) in [6.45, 7) is 8.23. The summed E-state index contributed by atoms with van der Waals surface area (Å²) in [5.74, 6) is 0.0369. The van der Waals surface area contributed by atoms with Gasteiger partial charge in [0.05, 0.1) is 17.3 Å². The van der Waals surface area contributed by atoms with Gasteiger partial charge in [-0.2, -0.15) is 5.10 Å². The number of amides is 2. The number of carbonyl (C=O) groups is 2. The van der Waals surface area contributed by atoms with E-state index in [4.69, 9.17) is 9.47 Å². The van der Waals surface area contributed by atoms with Gasteiger partial charge in [-0.25, -0.2) is 17.9 Å². The van der Waals surface area contributed by atoms with Gasteiger partial charge in [0.25, 0.3) is 0 Å². The van der Waals surface area contributed by atoms with E-state index in [2.05, 4.69) is 10.4 Å². The number of likely N-dealkylation sites (tertiary alicyclic amines) is 1. The minimum absolute atomic E-state index is 0.126. The summed E-state index contributed by atoms with van der Waals surface area (Å²) in [4.78, 5) is 27.1. The van der Waals surface area contributed by atoms with Crippen molar-refractivity contribution in [3.8, 4) is 5.88 Å². The maximum absolute atomic E-state index is 13.0. The average Bonchev–Trinajstić information content (AvgIpc) is 2.93. The van der Waals surface area contributed by atoms with Crippen LogP contribution in [0.15, 0.2) is 4.91 Å². The number of ether oxygens (including phenoxy) is 2. The highest BCUT2D eigenvalue weighted by Crippen LogP contribution is 2.30. The van der Waals surface area contributed by atoms with E-state index in [1.807, 2.05) is 20.8 Å². The maximum atomic E-state index is 13.0. The first kappa shape index (κ1) is 25.1. The molecule has 3 heterocycles. The van der Waals surface area contributed by atoms with Gasteiger partial charge in [0.15, 0.2) is 9.84 Å². The first-order valence-electron chi connectivity index (χ1n) is 11.1. The second-order valence-electron chi connectivity index (χ2n) is 9.77. The van der Waals surface area contributed by atoms with Crippen LogP contribution in [0.5, 0.6) is 5.88 Å². The Morgan fingerprint density at radius 1 is 1.24 bits per heavy atom. The third-order valence-electron chi connectivity index (χ3n) is 5.73. The fourth-order valence-electron chi connectivity index (χ4n) is 4.01. The number of hydrogen-bond acceptors (Lipinski definition) is 7. The zero-order valence-electron chi connectivity index (χ0n) is 20.2. The summed E-state index contributed by atoms with van der Waals surface area (Å²) in [5, 5.41) is 7.28. The number of sulfone groups is 1. The molecule has 1 aromatic heterocycles. The van der Waals surface area contributed by atoms with E-state index < -0.39 is 21.5 Å². The van der Waals surface area contributed by atoms with Crippen molar-refractivity contribution < 1.29 is 27.5 Å². The van der Waals surface area contributed by atoms with Gasteiger partial charge in [0.1, 0.15) is 12.2 Å². The Balaban J connectivity index is 1.66. The van der Waals surface area contributed by atoms with Gasteiger partial charge in [-0.3, -0.25) is 4.79 Å². The third-order valence-corrected chi connectivity index (χ3v) is 6.97. The third kappa shape index (κ3) is 6.27. The average molecular weight is 483 g/mol. The van der Waals surface area contributed by atoms with E-state index in [1.165, 1.54) is 0 Å². The molecule has 11 heteroatoms. The van der Waals surface area contributed by atoms with Gasteiger partial charge in [0.2, 0.25) is 11.8 Å². The Kier molecular flexibility index (Phi) is 7.11. The van der Waals surface area contributed by atoms with Gasteiger partial charge in [-0.15, -0.1) is 0 Å². The molecule has 0 aromatic carbocycles. The SMILES string of the molecule is Cc1nn(C)c2c1/C=C(/S(C)(=O)=O)CC(NC(=O)C1CCN(C(=O)OC(C)(C)C)CC1)CO2. The molecular weight excluding hydrogens is 448 g/mol. The molecule has 2 aliphatic rings. The number of hydrogen-bond donors (Lipinski definition) is 1. The summed E-state index contributed by atoms with van der Waals surface area (Å²) < 4.78 is 37.7. The van der Waals surface area contributed by atoms with E-state index in [0.29, 0.717) is 43.1 Å². The lowest BCUT2D eigenvalue weighted by Gasteiger charge is -2.33. The molecule has 0 spiro atoms. The van der Waals surface area contributed by atoms with Gasteiger partial charge in [-0.05, 0) is 46.6 Å². The lowest BCUT2D eigenvalue weighted by molar-refractivity contribution is -0.127. The molecule has 0 saturated carbocycles. The molecule has 33 heavy (non-hydrogen) atoms. The molecule has 10 nitrogen and oxygen atoms in total. The molecule has 1 atom stereocenters. The van der Waals surface area contributed by atoms with Gasteiger partial charge < -0.3 is 19.7 Å². The number of piperidine rings is 1. The summed E-state index contributed by atoms with van der Waals surface area (Å²) >= 11 is 0. The van der Waals surface area contributed by atoms with Crippen LogP contribution in [0.25, 0.3) is 6.08 Å². The Morgan fingerprint density at radius 3 is 2.45 bits per heavy atom. The number of aromatic nitrogens is 2. The quantitative estimate of drug-likeness (QED) is 0.700. The van der Waals surface area contributed by atoms with Crippen molar-refractivity contribution in [2.75, 3.05) is 26.0 Å². The van der Waals surface area contributed by atoms with E-state index >= 15 is 0 Å². The Labute approximate surface area is 195 Å². The second kappa shape index (κ2) is 9.36. The number of fused-ring (bicyclic) bond motifs is 1. The molecule has 2 amide bonds. The van der Waals surface area contributed by atoms with E-state index in [0.717, 1.165) is 6.26 Å².